The van der Waals surface area contributed by atoms with E-state index in [1.807, 2.05) is 0 Å². The van der Waals surface area contributed by atoms with Crippen molar-refractivity contribution in [1.82, 2.24) is 4.90 Å². The van der Waals surface area contributed by atoms with Gasteiger partial charge >= 0.3 is 0 Å². The minimum Gasteiger partial charge on any atom is -0.378 e. The molecule has 1 fully saturated rings. The molecule has 0 amide bonds. The minimum atomic E-state index is -0.103. The van der Waals surface area contributed by atoms with Gasteiger partial charge in [0.1, 0.15) is 0 Å². The second-order valence-electron chi connectivity index (χ2n) is 3.86. The largest absolute Gasteiger partial charge is 0.378 e. The lowest BCUT2D eigenvalue weighted by molar-refractivity contribution is -0.121. The number of piperidine rings is 1. The average Bonchev–Trinajstić information content (AvgIpc) is 2.28. The molecule has 0 aromatic carbocycles. The summed E-state index contributed by atoms with van der Waals surface area (Å²) in [5.74, 6) is 0. The Morgan fingerprint density at radius 2 is 1.80 bits per heavy atom. The van der Waals surface area contributed by atoms with Gasteiger partial charge < -0.3 is 14.2 Å². The maximum Gasteiger partial charge on any atom is 0.169 e. The maximum atomic E-state index is 5.60. The number of methoxy groups -OCH3 is 2. The molecule has 0 spiro atoms. The maximum absolute atomic E-state index is 5.60. The lowest BCUT2D eigenvalue weighted by atomic mass is 10.1. The highest BCUT2D eigenvalue weighted by molar-refractivity contribution is 4.73. The molecule has 1 aliphatic heterocycles. The predicted molar refractivity (Wildman–Crippen MR) is 58.9 cm³/mol. The number of hydrogen-bond acceptors (Lipinski definition) is 4. The normalized spacial score (nSPS) is 20.0. The number of hydrogen-bond donors (Lipinski definition) is 0. The van der Waals surface area contributed by atoms with E-state index in [2.05, 4.69) is 11.8 Å². The molecule has 0 N–H and O–H groups in total. The van der Waals surface area contributed by atoms with Crippen molar-refractivity contribution in [2.45, 2.75) is 32.2 Å². The van der Waals surface area contributed by atoms with Crippen LogP contribution in [0.15, 0.2) is 0 Å². The van der Waals surface area contributed by atoms with Gasteiger partial charge in [0, 0.05) is 40.5 Å². The molecule has 15 heavy (non-hydrogen) atoms. The molecule has 0 aliphatic carbocycles. The summed E-state index contributed by atoms with van der Waals surface area (Å²) in [6, 6.07) is 0. The minimum absolute atomic E-state index is 0.103. The molecule has 0 aromatic heterocycles. The first kappa shape index (κ1) is 12.9. The molecule has 1 heterocycles. The van der Waals surface area contributed by atoms with E-state index in [0.717, 1.165) is 39.1 Å². The van der Waals surface area contributed by atoms with Crippen LogP contribution in [0.4, 0.5) is 0 Å². The van der Waals surface area contributed by atoms with Crippen molar-refractivity contribution < 1.29 is 14.2 Å². The number of nitrogens with zero attached hydrogens (tertiary/aromatic N) is 1. The van der Waals surface area contributed by atoms with Crippen LogP contribution in [0.25, 0.3) is 0 Å². The second kappa shape index (κ2) is 7.17. The molecule has 4 heteroatoms. The van der Waals surface area contributed by atoms with Crippen LogP contribution >= 0.6 is 0 Å². The number of likely N-dealkylation sites (tertiary alicyclic amines) is 1. The molecule has 1 aliphatic rings. The standard InChI is InChI=1S/C11H23NO3/c1-4-15-10-5-7-12(8-6-10)9-11(13-2)14-3/h10-11H,4-9H2,1-3H3. The zero-order valence-corrected chi connectivity index (χ0v) is 10.1. The molecule has 0 aromatic rings. The summed E-state index contributed by atoms with van der Waals surface area (Å²) >= 11 is 0. The van der Waals surface area contributed by atoms with Crippen LogP contribution in [0, 0.1) is 0 Å². The number of rotatable bonds is 6. The van der Waals surface area contributed by atoms with Crippen molar-refractivity contribution in [2.24, 2.45) is 0 Å². The fourth-order valence-electron chi connectivity index (χ4n) is 1.95. The van der Waals surface area contributed by atoms with E-state index < -0.39 is 0 Å². The van der Waals surface area contributed by atoms with Crippen LogP contribution < -0.4 is 0 Å². The van der Waals surface area contributed by atoms with Gasteiger partial charge in [-0.1, -0.05) is 0 Å². The van der Waals surface area contributed by atoms with Gasteiger partial charge in [-0.2, -0.15) is 0 Å². The molecule has 1 rings (SSSR count). The fourth-order valence-corrected chi connectivity index (χ4v) is 1.95. The van der Waals surface area contributed by atoms with Crippen molar-refractivity contribution >= 4 is 0 Å². The van der Waals surface area contributed by atoms with Crippen molar-refractivity contribution in [3.63, 3.8) is 0 Å². The van der Waals surface area contributed by atoms with E-state index in [-0.39, 0.29) is 6.29 Å². The third kappa shape index (κ3) is 4.47. The summed E-state index contributed by atoms with van der Waals surface area (Å²) in [6.45, 7) is 5.88. The Morgan fingerprint density at radius 1 is 1.20 bits per heavy atom. The monoisotopic (exact) mass is 217 g/mol. The average molecular weight is 217 g/mol. The molecule has 1 saturated heterocycles. The molecule has 0 radical (unpaired) electrons. The van der Waals surface area contributed by atoms with Gasteiger partial charge in [-0.15, -0.1) is 0 Å². The van der Waals surface area contributed by atoms with Crippen molar-refractivity contribution in [1.29, 1.82) is 0 Å². The Morgan fingerprint density at radius 3 is 2.27 bits per heavy atom. The molecule has 0 atom stereocenters. The van der Waals surface area contributed by atoms with E-state index in [1.54, 1.807) is 14.2 Å². The first-order valence-corrected chi connectivity index (χ1v) is 5.69. The van der Waals surface area contributed by atoms with Gasteiger partial charge in [0.25, 0.3) is 0 Å². The molecule has 0 bridgehead atoms. The highest BCUT2D eigenvalue weighted by atomic mass is 16.7. The molecule has 90 valence electrons. The molecule has 0 unspecified atom stereocenters. The van der Waals surface area contributed by atoms with Crippen LogP contribution in [0.1, 0.15) is 19.8 Å². The summed E-state index contributed by atoms with van der Waals surface area (Å²) in [5, 5.41) is 0. The first-order valence-electron chi connectivity index (χ1n) is 5.69. The molecule has 0 saturated carbocycles. The Bertz CT molecular complexity index is 154. The lowest BCUT2D eigenvalue weighted by Gasteiger charge is -2.33. The Balaban J connectivity index is 2.19. The van der Waals surface area contributed by atoms with E-state index in [4.69, 9.17) is 14.2 Å². The number of ether oxygens (including phenoxy) is 3. The van der Waals surface area contributed by atoms with Gasteiger partial charge in [0.2, 0.25) is 0 Å². The third-order valence-corrected chi connectivity index (χ3v) is 2.87. The highest BCUT2D eigenvalue weighted by Crippen LogP contribution is 2.14. The van der Waals surface area contributed by atoms with Crippen LogP contribution in [0.2, 0.25) is 0 Å². The zero-order valence-electron chi connectivity index (χ0n) is 10.1. The summed E-state index contributed by atoms with van der Waals surface area (Å²) in [7, 11) is 3.36. The van der Waals surface area contributed by atoms with Gasteiger partial charge in [-0.25, -0.2) is 0 Å². The van der Waals surface area contributed by atoms with Gasteiger partial charge in [0.05, 0.1) is 6.10 Å². The highest BCUT2D eigenvalue weighted by Gasteiger charge is 2.21. The zero-order chi connectivity index (χ0) is 11.1. The lowest BCUT2D eigenvalue weighted by Crippen LogP contribution is -2.42. The SMILES string of the molecule is CCOC1CCN(CC(OC)OC)CC1. The van der Waals surface area contributed by atoms with Crippen LogP contribution in [-0.4, -0.2) is 57.8 Å². The quantitative estimate of drug-likeness (QED) is 0.624. The Hall–Kier alpha value is -0.160. The van der Waals surface area contributed by atoms with Crippen molar-refractivity contribution in [3.8, 4) is 0 Å². The van der Waals surface area contributed by atoms with Gasteiger partial charge in [-0.3, -0.25) is 4.90 Å². The second-order valence-corrected chi connectivity index (χ2v) is 3.86. The van der Waals surface area contributed by atoms with Crippen LogP contribution in [-0.2, 0) is 14.2 Å². The molecule has 4 nitrogen and oxygen atoms in total. The van der Waals surface area contributed by atoms with E-state index in [9.17, 15) is 0 Å². The van der Waals surface area contributed by atoms with E-state index in [1.165, 1.54) is 0 Å². The Kier molecular flexibility index (Phi) is 6.17. The summed E-state index contributed by atoms with van der Waals surface area (Å²) in [4.78, 5) is 2.37. The Labute approximate surface area is 92.5 Å². The first-order chi connectivity index (χ1) is 7.30. The van der Waals surface area contributed by atoms with E-state index in [0.29, 0.717) is 6.10 Å². The molecular weight excluding hydrogens is 194 g/mol. The van der Waals surface area contributed by atoms with Gasteiger partial charge in [-0.05, 0) is 19.8 Å². The smallest absolute Gasteiger partial charge is 0.169 e. The molecular formula is C11H23NO3. The fraction of sp³-hybridized carbons (Fsp3) is 1.00. The van der Waals surface area contributed by atoms with Crippen molar-refractivity contribution in [2.75, 3.05) is 40.5 Å². The summed E-state index contributed by atoms with van der Waals surface area (Å²) < 4.78 is 16.0. The predicted octanol–water partition coefficient (Wildman–Crippen LogP) is 1.11. The van der Waals surface area contributed by atoms with E-state index >= 15 is 0 Å². The van der Waals surface area contributed by atoms with Crippen LogP contribution in [0.3, 0.4) is 0 Å². The van der Waals surface area contributed by atoms with Gasteiger partial charge in [0.15, 0.2) is 6.29 Å². The van der Waals surface area contributed by atoms with Crippen LogP contribution in [0.5, 0.6) is 0 Å². The van der Waals surface area contributed by atoms with Crippen molar-refractivity contribution in [3.05, 3.63) is 0 Å². The summed E-state index contributed by atoms with van der Waals surface area (Å²) in [6.07, 6.45) is 2.59. The third-order valence-electron chi connectivity index (χ3n) is 2.87. The topological polar surface area (TPSA) is 30.9 Å². The summed E-state index contributed by atoms with van der Waals surface area (Å²) in [5.41, 5.74) is 0.